The molecule has 0 bridgehead atoms. The van der Waals surface area contributed by atoms with E-state index in [1.807, 2.05) is 0 Å². The quantitative estimate of drug-likeness (QED) is 0.254. The van der Waals surface area contributed by atoms with Gasteiger partial charge in [-0.2, -0.15) is 0 Å². The summed E-state index contributed by atoms with van der Waals surface area (Å²) >= 11 is 0. The van der Waals surface area contributed by atoms with Crippen LogP contribution in [0.4, 0.5) is 0 Å². The minimum atomic E-state index is -2.31. The van der Waals surface area contributed by atoms with Crippen molar-refractivity contribution in [2.24, 2.45) is 0 Å². The Morgan fingerprint density at radius 1 is 1.05 bits per heavy atom. The number of carboxylic acid groups (broad SMARTS) is 1. The highest BCUT2D eigenvalue weighted by Gasteiger charge is 2.30. The summed E-state index contributed by atoms with van der Waals surface area (Å²) in [6, 6.07) is 0. The SMILES string of the molecule is C[N+](C)(C)CCO.O=C([O-])C(O)C(O)C(O)C(O)CO. The van der Waals surface area contributed by atoms with Crippen molar-refractivity contribution in [3.05, 3.63) is 0 Å². The number of rotatable bonds is 7. The van der Waals surface area contributed by atoms with Crippen molar-refractivity contribution < 1.29 is 45.0 Å². The predicted molar refractivity (Wildman–Crippen MR) is 66.1 cm³/mol. The number of aliphatic hydroxyl groups excluding tert-OH is 6. The Balaban J connectivity index is 0. The molecule has 0 aromatic rings. The molecule has 122 valence electrons. The second-order valence-corrected chi connectivity index (χ2v) is 5.23. The fourth-order valence-electron chi connectivity index (χ4n) is 0.962. The average molecular weight is 299 g/mol. The molecule has 0 aromatic heterocycles. The predicted octanol–water partition coefficient (Wildman–Crippen LogP) is -5.14. The molecule has 6 N–H and O–H groups in total. The number of carbonyl (C=O) groups excluding carboxylic acids is 1. The van der Waals surface area contributed by atoms with Crippen molar-refractivity contribution in [1.82, 2.24) is 0 Å². The first kappa shape index (κ1) is 21.5. The Morgan fingerprint density at radius 3 is 1.70 bits per heavy atom. The van der Waals surface area contributed by atoms with E-state index in [0.29, 0.717) is 0 Å². The third-order valence-corrected chi connectivity index (χ3v) is 2.27. The third-order valence-electron chi connectivity index (χ3n) is 2.27. The fraction of sp³-hybridized carbons (Fsp3) is 0.909. The van der Waals surface area contributed by atoms with Crippen LogP contribution >= 0.6 is 0 Å². The van der Waals surface area contributed by atoms with Crippen LogP contribution in [0.15, 0.2) is 0 Å². The molecule has 0 radical (unpaired) electrons. The molecule has 0 aliphatic carbocycles. The van der Waals surface area contributed by atoms with E-state index < -0.39 is 37.0 Å². The van der Waals surface area contributed by atoms with Crippen LogP contribution in [0.25, 0.3) is 0 Å². The Labute approximate surface area is 117 Å². The summed E-state index contributed by atoms with van der Waals surface area (Å²) in [4.78, 5) is 9.98. The maximum absolute atomic E-state index is 9.98. The molecule has 0 aliphatic rings. The monoisotopic (exact) mass is 299 g/mol. The number of aliphatic hydroxyl groups is 6. The number of likely N-dealkylation sites (N-methyl/N-ethyl adjacent to an activating group) is 1. The Morgan fingerprint density at radius 2 is 1.50 bits per heavy atom. The van der Waals surface area contributed by atoms with Gasteiger partial charge in [0.15, 0.2) is 0 Å². The number of hydrogen-bond donors (Lipinski definition) is 6. The molecule has 0 aromatic carbocycles. The van der Waals surface area contributed by atoms with Crippen LogP contribution < -0.4 is 5.11 Å². The first-order chi connectivity index (χ1) is 8.97. The molecule has 0 saturated carbocycles. The van der Waals surface area contributed by atoms with Gasteiger partial charge in [-0.1, -0.05) is 0 Å². The lowest BCUT2D eigenvalue weighted by molar-refractivity contribution is -0.870. The highest BCUT2D eigenvalue weighted by Crippen LogP contribution is 2.04. The summed E-state index contributed by atoms with van der Waals surface area (Å²) in [7, 11) is 6.16. The molecule has 20 heavy (non-hydrogen) atoms. The minimum Gasteiger partial charge on any atom is -0.547 e. The van der Waals surface area contributed by atoms with Gasteiger partial charge in [0.2, 0.25) is 0 Å². The summed E-state index contributed by atoms with van der Waals surface area (Å²) in [5, 5.41) is 61.8. The molecule has 0 aliphatic heterocycles. The van der Waals surface area contributed by atoms with Crippen LogP contribution in [-0.4, -0.2) is 106 Å². The fourth-order valence-corrected chi connectivity index (χ4v) is 0.962. The smallest absolute Gasteiger partial charge is 0.122 e. The molecule has 0 fully saturated rings. The topological polar surface area (TPSA) is 162 Å². The zero-order chi connectivity index (χ0) is 16.5. The van der Waals surface area contributed by atoms with Gasteiger partial charge in [-0.05, 0) is 0 Å². The summed E-state index contributed by atoms with van der Waals surface area (Å²) in [6.45, 7) is 0.251. The second-order valence-electron chi connectivity index (χ2n) is 5.23. The van der Waals surface area contributed by atoms with Crippen LogP contribution in [0, 0.1) is 0 Å². The Hall–Kier alpha value is -0.810. The van der Waals surface area contributed by atoms with Crippen LogP contribution in [-0.2, 0) is 4.79 Å². The summed E-state index contributed by atoms with van der Waals surface area (Å²) in [5.74, 6) is -1.98. The van der Waals surface area contributed by atoms with Crippen LogP contribution in [0.1, 0.15) is 0 Å². The van der Waals surface area contributed by atoms with E-state index in [9.17, 15) is 9.90 Å². The minimum absolute atomic E-state index is 0.281. The van der Waals surface area contributed by atoms with Gasteiger partial charge in [0.1, 0.15) is 31.0 Å². The highest BCUT2D eigenvalue weighted by molar-refractivity contribution is 5.70. The van der Waals surface area contributed by atoms with E-state index in [4.69, 9.17) is 30.6 Å². The van der Waals surface area contributed by atoms with Gasteiger partial charge in [-0.15, -0.1) is 0 Å². The summed E-state index contributed by atoms with van der Waals surface area (Å²) < 4.78 is 0.844. The number of carbonyl (C=O) groups is 1. The Kier molecular flexibility index (Phi) is 10.7. The van der Waals surface area contributed by atoms with Crippen LogP contribution in [0.3, 0.4) is 0 Å². The van der Waals surface area contributed by atoms with Crippen LogP contribution in [0.5, 0.6) is 0 Å². The van der Waals surface area contributed by atoms with E-state index in [0.717, 1.165) is 11.0 Å². The van der Waals surface area contributed by atoms with Crippen molar-refractivity contribution in [3.63, 3.8) is 0 Å². The number of aliphatic carboxylic acids is 1. The number of nitrogens with zero attached hydrogens (tertiary/aromatic N) is 1. The Bertz CT molecular complexity index is 268. The van der Waals surface area contributed by atoms with Crippen molar-refractivity contribution in [1.29, 1.82) is 0 Å². The molecule has 9 heteroatoms. The standard InChI is InChI=1S/C6H12O7.C5H14NO/c7-1-2(8)3(9)4(10)5(11)6(12)13;1-6(2,3)4-5-7/h2-5,7-11H,1H2,(H,12,13);7H,4-5H2,1-3H3/q;+1/p-1. The average Bonchev–Trinajstić information content (AvgIpc) is 2.34. The molecular weight excluding hydrogens is 274 g/mol. The van der Waals surface area contributed by atoms with Gasteiger partial charge in [0.25, 0.3) is 0 Å². The van der Waals surface area contributed by atoms with Gasteiger partial charge in [0, 0.05) is 0 Å². The maximum atomic E-state index is 9.98. The molecule has 4 unspecified atom stereocenters. The number of quaternary nitrogens is 1. The molecule has 0 rings (SSSR count). The van der Waals surface area contributed by atoms with E-state index in [-0.39, 0.29) is 6.61 Å². The van der Waals surface area contributed by atoms with E-state index in [2.05, 4.69) is 21.1 Å². The van der Waals surface area contributed by atoms with Gasteiger partial charge in [0.05, 0.1) is 40.3 Å². The largest absolute Gasteiger partial charge is 0.547 e. The molecule has 9 nitrogen and oxygen atoms in total. The van der Waals surface area contributed by atoms with E-state index >= 15 is 0 Å². The third kappa shape index (κ3) is 10.0. The molecule has 0 spiro atoms. The first-order valence-electron chi connectivity index (χ1n) is 5.93. The van der Waals surface area contributed by atoms with Crippen LogP contribution in [0.2, 0.25) is 0 Å². The van der Waals surface area contributed by atoms with Crippen molar-refractivity contribution >= 4 is 5.97 Å². The maximum Gasteiger partial charge on any atom is 0.122 e. The zero-order valence-electron chi connectivity index (χ0n) is 11.9. The second kappa shape index (κ2) is 10.00. The van der Waals surface area contributed by atoms with Gasteiger partial charge >= 0.3 is 0 Å². The number of hydrogen-bond acceptors (Lipinski definition) is 8. The molecule has 0 saturated heterocycles. The van der Waals surface area contributed by atoms with Gasteiger partial charge < -0.3 is 45.0 Å². The summed E-state index contributed by atoms with van der Waals surface area (Å²) in [5.41, 5.74) is 0. The van der Waals surface area contributed by atoms with E-state index in [1.165, 1.54) is 0 Å². The van der Waals surface area contributed by atoms with Gasteiger partial charge in [-0.25, -0.2) is 0 Å². The molecule has 0 amide bonds. The lowest BCUT2D eigenvalue weighted by Gasteiger charge is -2.25. The summed E-state index contributed by atoms with van der Waals surface area (Å²) in [6.07, 6.45) is -8.08. The van der Waals surface area contributed by atoms with Gasteiger partial charge in [-0.3, -0.25) is 0 Å². The van der Waals surface area contributed by atoms with Crippen molar-refractivity contribution in [2.75, 3.05) is 40.9 Å². The van der Waals surface area contributed by atoms with Crippen molar-refractivity contribution in [2.45, 2.75) is 24.4 Å². The molecule has 0 heterocycles. The number of carboxylic acids is 1. The normalized spacial score (nSPS) is 17.4. The van der Waals surface area contributed by atoms with E-state index in [1.54, 1.807) is 0 Å². The highest BCUT2D eigenvalue weighted by atomic mass is 16.4. The first-order valence-corrected chi connectivity index (χ1v) is 5.93. The molecule has 4 atom stereocenters. The zero-order valence-corrected chi connectivity index (χ0v) is 11.9. The molecular formula is C11H25NO8. The lowest BCUT2D eigenvalue weighted by atomic mass is 10.0. The lowest BCUT2D eigenvalue weighted by Crippen LogP contribution is -2.52. The van der Waals surface area contributed by atoms with Crippen molar-refractivity contribution in [3.8, 4) is 0 Å².